The van der Waals surface area contributed by atoms with Gasteiger partial charge in [0.05, 0.1) is 0 Å². The molecule has 2 rings (SSSR count). The Bertz CT molecular complexity index is 542. The Balaban J connectivity index is 3.00. The minimum atomic E-state index is -0.316. The van der Waals surface area contributed by atoms with Crippen molar-refractivity contribution >= 4 is 10.8 Å². The lowest BCUT2D eigenvalue weighted by Crippen LogP contribution is -1.94. The van der Waals surface area contributed by atoms with E-state index < -0.39 is 0 Å². The van der Waals surface area contributed by atoms with Gasteiger partial charge in [0.25, 0.3) is 0 Å². The van der Waals surface area contributed by atoms with E-state index in [4.69, 9.17) is 0 Å². The van der Waals surface area contributed by atoms with E-state index in [0.717, 1.165) is 5.39 Å². The van der Waals surface area contributed by atoms with E-state index in [1.54, 1.807) is 32.9 Å². The lowest BCUT2D eigenvalue weighted by molar-refractivity contribution is 0.604. The lowest BCUT2D eigenvalue weighted by Gasteiger charge is -2.09. The summed E-state index contributed by atoms with van der Waals surface area (Å²) in [6.07, 6.45) is 0. The van der Waals surface area contributed by atoms with Gasteiger partial charge in [0.2, 0.25) is 0 Å². The molecule has 0 aliphatic heterocycles. The van der Waals surface area contributed by atoms with Gasteiger partial charge in [-0.1, -0.05) is 12.1 Å². The molecule has 15 heavy (non-hydrogen) atoms. The Labute approximate surface area is 87.5 Å². The quantitative estimate of drug-likeness (QED) is 0.610. The summed E-state index contributed by atoms with van der Waals surface area (Å²) in [5.41, 5.74) is 1.50. The monoisotopic (exact) mass is 206 g/mol. The number of hydrogen-bond donors (Lipinski definition) is 0. The molecule has 78 valence electrons. The van der Waals surface area contributed by atoms with E-state index in [9.17, 15) is 8.78 Å². The molecule has 0 N–H and O–H groups in total. The zero-order valence-corrected chi connectivity index (χ0v) is 8.99. The van der Waals surface area contributed by atoms with Crippen LogP contribution >= 0.6 is 0 Å². The van der Waals surface area contributed by atoms with Crippen molar-refractivity contribution in [1.82, 2.24) is 0 Å². The molecule has 2 aromatic carbocycles. The van der Waals surface area contributed by atoms with Crippen molar-refractivity contribution in [3.8, 4) is 0 Å². The fraction of sp³-hybridized carbons (Fsp3) is 0.231. The predicted molar refractivity (Wildman–Crippen MR) is 58.1 cm³/mol. The molecule has 0 heterocycles. The molecular weight excluding hydrogens is 194 g/mol. The average molecular weight is 206 g/mol. The maximum Gasteiger partial charge on any atom is 0.134 e. The Kier molecular flexibility index (Phi) is 2.22. The van der Waals surface area contributed by atoms with Crippen LogP contribution in [-0.2, 0) is 0 Å². The fourth-order valence-electron chi connectivity index (χ4n) is 1.90. The molecule has 0 aliphatic carbocycles. The van der Waals surface area contributed by atoms with Gasteiger partial charge in [0, 0.05) is 5.39 Å². The van der Waals surface area contributed by atoms with Crippen LogP contribution in [0.4, 0.5) is 8.78 Å². The number of halogens is 2. The van der Waals surface area contributed by atoms with Crippen molar-refractivity contribution in [2.45, 2.75) is 20.8 Å². The third-order valence-electron chi connectivity index (χ3n) is 2.79. The molecule has 0 saturated carbocycles. The van der Waals surface area contributed by atoms with Crippen LogP contribution in [-0.4, -0.2) is 0 Å². The molecule has 0 atom stereocenters. The first-order valence-electron chi connectivity index (χ1n) is 4.87. The van der Waals surface area contributed by atoms with Gasteiger partial charge in [0.15, 0.2) is 0 Å². The maximum absolute atomic E-state index is 13.8. The Morgan fingerprint density at radius 1 is 0.867 bits per heavy atom. The zero-order valence-electron chi connectivity index (χ0n) is 8.99. The van der Waals surface area contributed by atoms with E-state index in [1.165, 1.54) is 0 Å². The molecule has 0 bridgehead atoms. The van der Waals surface area contributed by atoms with Crippen LogP contribution in [0.15, 0.2) is 18.2 Å². The SMILES string of the molecule is Cc1cc2ccc(C)c(F)c2c(C)c1F. The molecule has 0 amide bonds. The second kappa shape index (κ2) is 3.30. The molecule has 0 unspecified atom stereocenters. The molecule has 0 radical (unpaired) electrons. The van der Waals surface area contributed by atoms with Gasteiger partial charge in [-0.15, -0.1) is 0 Å². The highest BCUT2D eigenvalue weighted by atomic mass is 19.1. The summed E-state index contributed by atoms with van der Waals surface area (Å²) < 4.78 is 27.4. The summed E-state index contributed by atoms with van der Waals surface area (Å²) in [5.74, 6) is -0.629. The van der Waals surface area contributed by atoms with Gasteiger partial charge in [-0.05, 0) is 48.9 Å². The van der Waals surface area contributed by atoms with Crippen molar-refractivity contribution < 1.29 is 8.78 Å². The van der Waals surface area contributed by atoms with Crippen LogP contribution < -0.4 is 0 Å². The van der Waals surface area contributed by atoms with E-state index in [-0.39, 0.29) is 11.6 Å². The zero-order chi connectivity index (χ0) is 11.2. The summed E-state index contributed by atoms with van der Waals surface area (Å²) in [6.45, 7) is 5.00. The highest BCUT2D eigenvalue weighted by Crippen LogP contribution is 2.27. The molecule has 0 nitrogen and oxygen atoms in total. The molecule has 0 aliphatic rings. The van der Waals surface area contributed by atoms with Gasteiger partial charge in [-0.25, -0.2) is 8.78 Å². The third-order valence-corrected chi connectivity index (χ3v) is 2.79. The molecular formula is C13H12F2. The summed E-state index contributed by atoms with van der Waals surface area (Å²) >= 11 is 0. The fourth-order valence-corrected chi connectivity index (χ4v) is 1.90. The number of benzene rings is 2. The van der Waals surface area contributed by atoms with Crippen molar-refractivity contribution in [1.29, 1.82) is 0 Å². The molecule has 0 fully saturated rings. The van der Waals surface area contributed by atoms with E-state index >= 15 is 0 Å². The Morgan fingerprint density at radius 3 is 2.20 bits per heavy atom. The first-order valence-corrected chi connectivity index (χ1v) is 4.87. The Morgan fingerprint density at radius 2 is 1.53 bits per heavy atom. The second-order valence-corrected chi connectivity index (χ2v) is 3.93. The van der Waals surface area contributed by atoms with Crippen molar-refractivity contribution in [2.24, 2.45) is 0 Å². The van der Waals surface area contributed by atoms with Crippen LogP contribution in [0.3, 0.4) is 0 Å². The van der Waals surface area contributed by atoms with Crippen LogP contribution in [0.1, 0.15) is 16.7 Å². The van der Waals surface area contributed by atoms with Gasteiger partial charge in [-0.3, -0.25) is 0 Å². The topological polar surface area (TPSA) is 0 Å². The number of hydrogen-bond acceptors (Lipinski definition) is 0. The second-order valence-electron chi connectivity index (χ2n) is 3.93. The summed E-state index contributed by atoms with van der Waals surface area (Å²) in [7, 11) is 0. The predicted octanol–water partition coefficient (Wildman–Crippen LogP) is 4.04. The maximum atomic E-state index is 13.8. The minimum Gasteiger partial charge on any atom is -0.206 e. The van der Waals surface area contributed by atoms with E-state index in [1.807, 2.05) is 6.07 Å². The normalized spacial score (nSPS) is 11.0. The van der Waals surface area contributed by atoms with Gasteiger partial charge in [0.1, 0.15) is 11.6 Å². The minimum absolute atomic E-state index is 0.313. The Hall–Kier alpha value is -1.44. The summed E-state index contributed by atoms with van der Waals surface area (Å²) in [6, 6.07) is 5.22. The van der Waals surface area contributed by atoms with E-state index in [2.05, 4.69) is 0 Å². The van der Waals surface area contributed by atoms with Crippen molar-refractivity contribution in [3.05, 3.63) is 46.5 Å². The van der Waals surface area contributed by atoms with Crippen molar-refractivity contribution in [3.63, 3.8) is 0 Å². The number of fused-ring (bicyclic) bond motifs is 1. The molecule has 2 heteroatoms. The number of aryl methyl sites for hydroxylation is 3. The first-order chi connectivity index (χ1) is 7.02. The van der Waals surface area contributed by atoms with Crippen LogP contribution in [0, 0.1) is 32.4 Å². The van der Waals surface area contributed by atoms with Gasteiger partial charge >= 0.3 is 0 Å². The number of rotatable bonds is 0. The highest BCUT2D eigenvalue weighted by Gasteiger charge is 2.12. The van der Waals surface area contributed by atoms with Gasteiger partial charge < -0.3 is 0 Å². The molecule has 0 aromatic heterocycles. The molecule has 0 spiro atoms. The first kappa shape index (κ1) is 10.1. The molecule has 0 saturated heterocycles. The average Bonchev–Trinajstić information content (AvgIpc) is 2.20. The smallest absolute Gasteiger partial charge is 0.134 e. The standard InChI is InChI=1S/C13H12F2/c1-7-4-5-10-6-8(2)12(14)9(3)11(10)13(7)15/h4-6H,1-3H3. The van der Waals surface area contributed by atoms with Crippen LogP contribution in [0.5, 0.6) is 0 Å². The highest BCUT2D eigenvalue weighted by molar-refractivity contribution is 5.87. The third kappa shape index (κ3) is 1.41. The molecule has 2 aromatic rings. The largest absolute Gasteiger partial charge is 0.206 e. The van der Waals surface area contributed by atoms with Gasteiger partial charge in [-0.2, -0.15) is 0 Å². The van der Waals surface area contributed by atoms with E-state index in [0.29, 0.717) is 22.1 Å². The summed E-state index contributed by atoms with van der Waals surface area (Å²) in [4.78, 5) is 0. The van der Waals surface area contributed by atoms with Crippen LogP contribution in [0.2, 0.25) is 0 Å². The summed E-state index contributed by atoms with van der Waals surface area (Å²) in [5, 5.41) is 1.16. The van der Waals surface area contributed by atoms with Crippen molar-refractivity contribution in [2.75, 3.05) is 0 Å². The van der Waals surface area contributed by atoms with Crippen LogP contribution in [0.25, 0.3) is 10.8 Å². The lowest BCUT2D eigenvalue weighted by atomic mass is 9.99.